The van der Waals surface area contributed by atoms with Crippen LogP contribution in [0.1, 0.15) is 35.6 Å². The van der Waals surface area contributed by atoms with E-state index in [2.05, 4.69) is 5.32 Å². The minimum atomic E-state index is -1.37. The van der Waals surface area contributed by atoms with E-state index in [0.717, 1.165) is 0 Å². The molecule has 0 unspecified atom stereocenters. The van der Waals surface area contributed by atoms with Crippen molar-refractivity contribution >= 4 is 5.91 Å². The third-order valence-electron chi connectivity index (χ3n) is 3.08. The molecule has 0 fully saturated rings. The Bertz CT molecular complexity index is 658. The molecule has 0 spiro atoms. The van der Waals surface area contributed by atoms with Crippen LogP contribution in [0.4, 0.5) is 13.2 Å². The summed E-state index contributed by atoms with van der Waals surface area (Å²) in [6, 6.07) is 3.45. The summed E-state index contributed by atoms with van der Waals surface area (Å²) in [5.74, 6) is -4.39. The second-order valence-corrected chi connectivity index (χ2v) is 4.89. The van der Waals surface area contributed by atoms with Gasteiger partial charge < -0.3 is 14.8 Å². The summed E-state index contributed by atoms with van der Waals surface area (Å²) in [7, 11) is 0. The molecule has 4 nitrogen and oxygen atoms in total. The smallest absolute Gasteiger partial charge is 0.254 e. The van der Waals surface area contributed by atoms with Gasteiger partial charge in [0.2, 0.25) is 0 Å². The third kappa shape index (κ3) is 3.67. The number of benzene rings is 1. The van der Waals surface area contributed by atoms with Crippen LogP contribution in [0, 0.1) is 17.5 Å². The Balaban J connectivity index is 2.01. The molecule has 2 aromatic rings. The molecule has 0 bridgehead atoms. The van der Waals surface area contributed by atoms with Crippen molar-refractivity contribution in [2.45, 2.75) is 25.5 Å². The van der Waals surface area contributed by atoms with Crippen molar-refractivity contribution in [2.24, 2.45) is 0 Å². The maximum atomic E-state index is 13.5. The van der Waals surface area contributed by atoms with E-state index in [0.29, 0.717) is 17.9 Å². The summed E-state index contributed by atoms with van der Waals surface area (Å²) < 4.78 is 44.4. The maximum Gasteiger partial charge on any atom is 0.254 e. The lowest BCUT2D eigenvalue weighted by molar-refractivity contribution is 0.0898. The molecule has 1 amide bonds. The van der Waals surface area contributed by atoms with Crippen LogP contribution in [-0.4, -0.2) is 17.1 Å². The highest BCUT2D eigenvalue weighted by Crippen LogP contribution is 2.19. The van der Waals surface area contributed by atoms with Gasteiger partial charge in [0.15, 0.2) is 11.6 Å². The van der Waals surface area contributed by atoms with Crippen LogP contribution >= 0.6 is 0 Å². The molecule has 2 N–H and O–H groups in total. The molecule has 0 saturated carbocycles. The molecule has 0 aliphatic carbocycles. The van der Waals surface area contributed by atoms with Crippen molar-refractivity contribution in [1.29, 1.82) is 0 Å². The molecule has 2 rings (SSSR count). The average molecular weight is 313 g/mol. The predicted octanol–water partition coefficient (Wildman–Crippen LogP) is 2.94. The molecule has 1 aromatic heterocycles. The summed E-state index contributed by atoms with van der Waals surface area (Å²) in [6.07, 6.45) is 0.573. The van der Waals surface area contributed by atoms with Crippen molar-refractivity contribution in [1.82, 2.24) is 5.32 Å². The zero-order valence-corrected chi connectivity index (χ0v) is 11.6. The SMILES string of the molecule is C[C@H](C[C@@H](O)c1ccco1)NC(=O)c1cc(F)c(F)cc1F. The van der Waals surface area contributed by atoms with Crippen molar-refractivity contribution < 1.29 is 27.5 Å². The van der Waals surface area contributed by atoms with Crippen LogP contribution in [0.5, 0.6) is 0 Å². The average Bonchev–Trinajstić information content (AvgIpc) is 2.96. The molecule has 2 atom stereocenters. The predicted molar refractivity (Wildman–Crippen MR) is 71.5 cm³/mol. The number of hydrogen-bond donors (Lipinski definition) is 2. The Morgan fingerprint density at radius 3 is 2.59 bits per heavy atom. The lowest BCUT2D eigenvalue weighted by Gasteiger charge is -2.17. The standard InChI is InChI=1S/C15H14F3NO3/c1-8(5-13(20)14-3-2-4-22-14)19-15(21)9-6-11(17)12(18)7-10(9)16/h2-4,6-8,13,20H,5H2,1H3,(H,19,21)/t8-,13-/m1/s1. The zero-order chi connectivity index (χ0) is 16.3. The number of furan rings is 1. The molecule has 0 aliphatic rings. The Labute approximate surface area is 124 Å². The fourth-order valence-corrected chi connectivity index (χ4v) is 1.99. The van der Waals surface area contributed by atoms with Crippen LogP contribution in [0.15, 0.2) is 34.9 Å². The van der Waals surface area contributed by atoms with E-state index in [1.165, 1.54) is 6.26 Å². The maximum absolute atomic E-state index is 13.5. The van der Waals surface area contributed by atoms with Crippen LogP contribution in [0.2, 0.25) is 0 Å². The normalized spacial score (nSPS) is 13.7. The highest BCUT2D eigenvalue weighted by atomic mass is 19.2. The number of nitrogens with one attached hydrogen (secondary N) is 1. The summed E-state index contributed by atoms with van der Waals surface area (Å²) in [5, 5.41) is 12.3. The van der Waals surface area contributed by atoms with Gasteiger partial charge in [0.1, 0.15) is 17.7 Å². The van der Waals surface area contributed by atoms with Gasteiger partial charge in [0.25, 0.3) is 5.91 Å². The molecule has 0 aliphatic heterocycles. The topological polar surface area (TPSA) is 62.5 Å². The zero-order valence-electron chi connectivity index (χ0n) is 11.6. The van der Waals surface area contributed by atoms with Crippen LogP contribution in [0.3, 0.4) is 0 Å². The van der Waals surface area contributed by atoms with E-state index in [1.807, 2.05) is 0 Å². The molecule has 22 heavy (non-hydrogen) atoms. The second kappa shape index (κ2) is 6.65. The first-order chi connectivity index (χ1) is 10.4. The number of aliphatic hydroxyl groups is 1. The third-order valence-corrected chi connectivity index (χ3v) is 3.08. The summed E-state index contributed by atoms with van der Waals surface area (Å²) >= 11 is 0. The van der Waals surface area contributed by atoms with Crippen molar-refractivity contribution in [3.8, 4) is 0 Å². The summed E-state index contributed by atoms with van der Waals surface area (Å²) in [5.41, 5.74) is -0.599. The van der Waals surface area contributed by atoms with Gasteiger partial charge in [0.05, 0.1) is 11.8 Å². The molecule has 0 saturated heterocycles. The number of rotatable bonds is 5. The second-order valence-electron chi connectivity index (χ2n) is 4.89. The largest absolute Gasteiger partial charge is 0.467 e. The Hall–Kier alpha value is -2.28. The molecular weight excluding hydrogens is 299 g/mol. The van der Waals surface area contributed by atoms with Crippen LogP contribution < -0.4 is 5.32 Å². The fourth-order valence-electron chi connectivity index (χ4n) is 1.99. The van der Waals surface area contributed by atoms with E-state index in [-0.39, 0.29) is 6.42 Å². The van der Waals surface area contributed by atoms with E-state index < -0.39 is 41.1 Å². The van der Waals surface area contributed by atoms with Gasteiger partial charge in [0, 0.05) is 18.5 Å². The highest BCUT2D eigenvalue weighted by Gasteiger charge is 2.20. The quantitative estimate of drug-likeness (QED) is 0.834. The molecule has 1 aromatic carbocycles. The molecule has 7 heteroatoms. The summed E-state index contributed by atoms with van der Waals surface area (Å²) in [6.45, 7) is 1.59. The van der Waals surface area contributed by atoms with E-state index in [4.69, 9.17) is 4.42 Å². The van der Waals surface area contributed by atoms with Gasteiger partial charge in [-0.2, -0.15) is 0 Å². The fraction of sp³-hybridized carbons (Fsp3) is 0.267. The van der Waals surface area contributed by atoms with E-state index in [9.17, 15) is 23.1 Å². The van der Waals surface area contributed by atoms with Crippen LogP contribution in [-0.2, 0) is 0 Å². The molecule has 0 radical (unpaired) electrons. The van der Waals surface area contributed by atoms with Gasteiger partial charge in [-0.25, -0.2) is 13.2 Å². The summed E-state index contributed by atoms with van der Waals surface area (Å²) in [4.78, 5) is 11.9. The monoisotopic (exact) mass is 313 g/mol. The lowest BCUT2D eigenvalue weighted by atomic mass is 10.1. The van der Waals surface area contributed by atoms with Crippen molar-refractivity contribution in [2.75, 3.05) is 0 Å². The van der Waals surface area contributed by atoms with Gasteiger partial charge in [-0.05, 0) is 25.1 Å². The van der Waals surface area contributed by atoms with Gasteiger partial charge in [-0.15, -0.1) is 0 Å². The first-order valence-corrected chi connectivity index (χ1v) is 6.55. The lowest BCUT2D eigenvalue weighted by Crippen LogP contribution is -2.34. The van der Waals surface area contributed by atoms with Gasteiger partial charge in [-0.3, -0.25) is 4.79 Å². The minimum absolute atomic E-state index is 0.116. The van der Waals surface area contributed by atoms with Crippen molar-refractivity contribution in [3.63, 3.8) is 0 Å². The van der Waals surface area contributed by atoms with Gasteiger partial charge >= 0.3 is 0 Å². The number of aliphatic hydroxyl groups excluding tert-OH is 1. The Morgan fingerprint density at radius 2 is 1.95 bits per heavy atom. The first kappa shape index (κ1) is 16.1. The van der Waals surface area contributed by atoms with Gasteiger partial charge in [-0.1, -0.05) is 0 Å². The molecule has 1 heterocycles. The Kier molecular flexibility index (Phi) is 4.87. The molecule has 118 valence electrons. The number of carbonyl (C=O) groups excluding carboxylic acids is 1. The first-order valence-electron chi connectivity index (χ1n) is 6.55. The minimum Gasteiger partial charge on any atom is -0.467 e. The number of amides is 1. The highest BCUT2D eigenvalue weighted by molar-refractivity contribution is 5.94. The Morgan fingerprint density at radius 1 is 1.27 bits per heavy atom. The van der Waals surface area contributed by atoms with Crippen LogP contribution in [0.25, 0.3) is 0 Å². The van der Waals surface area contributed by atoms with E-state index in [1.54, 1.807) is 19.1 Å². The van der Waals surface area contributed by atoms with Crippen molar-refractivity contribution in [3.05, 3.63) is 59.3 Å². The number of hydrogen-bond acceptors (Lipinski definition) is 3. The number of carbonyl (C=O) groups is 1. The molecular formula is C15H14F3NO3. The number of halogens is 3. The van der Waals surface area contributed by atoms with E-state index >= 15 is 0 Å².